The normalized spacial score (nSPS) is 21.2. The molecule has 4 nitrogen and oxygen atoms in total. The maximum Gasteiger partial charge on any atom is 0.339 e. The number of ether oxygens (including phenoxy) is 2. The van der Waals surface area contributed by atoms with Crippen molar-refractivity contribution >= 4 is 23.0 Å². The van der Waals surface area contributed by atoms with Crippen molar-refractivity contribution < 1.29 is 19.1 Å². The van der Waals surface area contributed by atoms with Crippen molar-refractivity contribution in [3.63, 3.8) is 0 Å². The highest BCUT2D eigenvalue weighted by molar-refractivity contribution is 5.96. The van der Waals surface area contributed by atoms with Gasteiger partial charge in [-0.15, -0.1) is 0 Å². The molecule has 2 unspecified atom stereocenters. The summed E-state index contributed by atoms with van der Waals surface area (Å²) < 4.78 is 12.0. The molecule has 0 aromatic heterocycles. The van der Waals surface area contributed by atoms with Crippen molar-refractivity contribution in [2.75, 3.05) is 6.61 Å². The number of carbonyl (C=O) groups excluding carboxylic acids is 2. The lowest BCUT2D eigenvalue weighted by atomic mass is 9.69. The van der Waals surface area contributed by atoms with Gasteiger partial charge in [0.1, 0.15) is 11.9 Å². The van der Waals surface area contributed by atoms with Crippen LogP contribution in [0.1, 0.15) is 48.5 Å². The van der Waals surface area contributed by atoms with Crippen LogP contribution >= 0.6 is 0 Å². The summed E-state index contributed by atoms with van der Waals surface area (Å²) in [5.41, 5.74) is -0.323. The number of esters is 1. The van der Waals surface area contributed by atoms with Gasteiger partial charge in [-0.05, 0) is 60.7 Å². The Morgan fingerprint density at radius 3 is 2.40 bits per heavy atom. The number of hydrogen-bond donors (Lipinski definition) is 0. The topological polar surface area (TPSA) is 52.6 Å². The van der Waals surface area contributed by atoms with Gasteiger partial charge in [-0.3, -0.25) is 0 Å². The molecule has 0 spiro atoms. The average molecular weight is 469 g/mol. The molecule has 0 heterocycles. The van der Waals surface area contributed by atoms with Crippen molar-refractivity contribution in [2.24, 2.45) is 5.41 Å². The quantitative estimate of drug-likeness (QED) is 0.176. The highest BCUT2D eigenvalue weighted by Gasteiger charge is 2.49. The Kier molecular flexibility index (Phi) is 7.94. The molecule has 4 rings (SSSR count). The zero-order chi connectivity index (χ0) is 24.6. The first kappa shape index (κ1) is 24.6. The highest BCUT2D eigenvalue weighted by Crippen LogP contribution is 2.42. The minimum atomic E-state index is -1.03. The van der Waals surface area contributed by atoms with Crippen LogP contribution in [0.15, 0.2) is 97.1 Å². The molecule has 1 aliphatic rings. The van der Waals surface area contributed by atoms with E-state index in [4.69, 9.17) is 9.47 Å². The maximum atomic E-state index is 13.3. The van der Waals surface area contributed by atoms with Gasteiger partial charge in [0.05, 0.1) is 17.6 Å². The first-order valence-corrected chi connectivity index (χ1v) is 12.2. The van der Waals surface area contributed by atoms with Gasteiger partial charge < -0.3 is 14.3 Å². The summed E-state index contributed by atoms with van der Waals surface area (Å²) in [5, 5.41) is 2.04. The molecule has 0 saturated carbocycles. The monoisotopic (exact) mass is 468 g/mol. The smallest absolute Gasteiger partial charge is 0.339 e. The summed E-state index contributed by atoms with van der Waals surface area (Å²) in [6.07, 6.45) is 11.5. The number of carbonyl (C=O) groups is 2. The zero-order valence-corrected chi connectivity index (χ0v) is 20.2. The lowest BCUT2D eigenvalue weighted by Gasteiger charge is -2.42. The van der Waals surface area contributed by atoms with Crippen LogP contribution in [-0.4, -0.2) is 24.5 Å². The van der Waals surface area contributed by atoms with Gasteiger partial charge >= 0.3 is 5.97 Å². The van der Waals surface area contributed by atoms with Gasteiger partial charge in [-0.25, -0.2) is 4.79 Å². The van der Waals surface area contributed by atoms with Crippen LogP contribution in [0.3, 0.4) is 0 Å². The second-order valence-electron chi connectivity index (χ2n) is 9.31. The third-order valence-corrected chi connectivity index (χ3v) is 6.78. The Morgan fingerprint density at radius 2 is 1.60 bits per heavy atom. The van der Waals surface area contributed by atoms with Crippen molar-refractivity contribution in [1.82, 2.24) is 0 Å². The largest absolute Gasteiger partial charge is 0.450 e. The molecule has 3 aromatic carbocycles. The molecule has 35 heavy (non-hydrogen) atoms. The molecule has 0 fully saturated rings. The van der Waals surface area contributed by atoms with Crippen LogP contribution in [0.2, 0.25) is 0 Å². The number of fused-ring (bicyclic) bond motifs is 1. The van der Waals surface area contributed by atoms with E-state index in [0.717, 1.165) is 41.9 Å². The lowest BCUT2D eigenvalue weighted by Crippen LogP contribution is -2.49. The fourth-order valence-corrected chi connectivity index (χ4v) is 4.55. The average Bonchev–Trinajstić information content (AvgIpc) is 2.90. The van der Waals surface area contributed by atoms with E-state index in [1.807, 2.05) is 85.8 Å². The van der Waals surface area contributed by atoms with E-state index in [0.29, 0.717) is 25.2 Å². The first-order valence-electron chi connectivity index (χ1n) is 12.2. The predicted octanol–water partition coefficient (Wildman–Crippen LogP) is 6.84. The fourth-order valence-electron chi connectivity index (χ4n) is 4.55. The summed E-state index contributed by atoms with van der Waals surface area (Å²) >= 11 is 0. The Balaban J connectivity index is 1.39. The lowest BCUT2D eigenvalue weighted by molar-refractivity contribution is -0.124. The van der Waals surface area contributed by atoms with Crippen molar-refractivity contribution in [3.05, 3.63) is 108 Å². The van der Waals surface area contributed by atoms with Gasteiger partial charge in [0, 0.05) is 6.61 Å². The third-order valence-electron chi connectivity index (χ3n) is 6.78. The standard InChI is InChI=1S/C31H32O4/c1-30(24-32)18-9-10-20-31(30,19-8-3-11-21-34-23-25-12-4-2-5-13-25)35-29(33)28-17-16-26-14-6-7-15-27(26)22-28/h2,4-7,9-10,12-18,20,22,24H,3,8,11,19,21,23H2,1H3. The number of benzene rings is 3. The molecule has 1 aliphatic carbocycles. The number of aldehydes is 1. The summed E-state index contributed by atoms with van der Waals surface area (Å²) in [6, 6.07) is 23.6. The minimum Gasteiger partial charge on any atom is -0.450 e. The Labute approximate surface area is 207 Å². The molecule has 2 atom stereocenters. The second-order valence-corrected chi connectivity index (χ2v) is 9.31. The van der Waals surface area contributed by atoms with E-state index in [2.05, 4.69) is 12.1 Å². The molecule has 0 amide bonds. The van der Waals surface area contributed by atoms with E-state index < -0.39 is 17.0 Å². The number of unbranched alkanes of at least 4 members (excludes halogenated alkanes) is 2. The van der Waals surface area contributed by atoms with Crippen molar-refractivity contribution in [1.29, 1.82) is 0 Å². The molecule has 180 valence electrons. The number of allylic oxidation sites excluding steroid dienone is 2. The fraction of sp³-hybridized carbons (Fsp3) is 0.290. The highest BCUT2D eigenvalue weighted by atomic mass is 16.6. The number of hydrogen-bond acceptors (Lipinski definition) is 4. The minimum absolute atomic E-state index is 0.421. The van der Waals surface area contributed by atoms with Gasteiger partial charge in [0.2, 0.25) is 0 Å². The predicted molar refractivity (Wildman–Crippen MR) is 139 cm³/mol. The maximum absolute atomic E-state index is 13.3. The molecule has 0 saturated heterocycles. The van der Waals surface area contributed by atoms with E-state index in [-0.39, 0.29) is 0 Å². The second kappa shape index (κ2) is 11.3. The molecular weight excluding hydrogens is 436 g/mol. The van der Waals surface area contributed by atoms with E-state index in [9.17, 15) is 9.59 Å². The van der Waals surface area contributed by atoms with Crippen LogP contribution in [0, 0.1) is 5.41 Å². The van der Waals surface area contributed by atoms with Crippen molar-refractivity contribution in [3.8, 4) is 0 Å². The Hall–Kier alpha value is -3.50. The zero-order valence-electron chi connectivity index (χ0n) is 20.2. The molecule has 0 bridgehead atoms. The summed E-state index contributed by atoms with van der Waals surface area (Å²) in [6.45, 7) is 3.10. The van der Waals surface area contributed by atoms with Gasteiger partial charge in [-0.1, -0.05) is 85.3 Å². The van der Waals surface area contributed by atoms with E-state index in [1.54, 1.807) is 6.07 Å². The van der Waals surface area contributed by atoms with Crippen LogP contribution < -0.4 is 0 Å². The van der Waals surface area contributed by atoms with Gasteiger partial charge in [0.25, 0.3) is 0 Å². The van der Waals surface area contributed by atoms with Crippen molar-refractivity contribution in [2.45, 2.75) is 44.8 Å². The van der Waals surface area contributed by atoms with Gasteiger partial charge in [0.15, 0.2) is 0 Å². The molecule has 3 aromatic rings. The molecular formula is C31H32O4. The van der Waals surface area contributed by atoms with Crippen LogP contribution in [0.5, 0.6) is 0 Å². The molecule has 0 N–H and O–H groups in total. The summed E-state index contributed by atoms with van der Waals surface area (Å²) in [7, 11) is 0. The van der Waals surface area contributed by atoms with E-state index in [1.165, 1.54) is 0 Å². The van der Waals surface area contributed by atoms with Crippen LogP contribution in [0.4, 0.5) is 0 Å². The SMILES string of the molecule is CC1(C=O)C=CC=CC1(CCCCCOCc1ccccc1)OC(=O)c1ccc2ccccc2c1. The Bertz CT molecular complexity index is 1210. The summed E-state index contributed by atoms with van der Waals surface area (Å²) in [4.78, 5) is 25.5. The Morgan fingerprint density at radius 1 is 0.857 bits per heavy atom. The molecule has 0 aliphatic heterocycles. The third kappa shape index (κ3) is 5.77. The number of rotatable bonds is 11. The first-order chi connectivity index (χ1) is 17.1. The van der Waals surface area contributed by atoms with Crippen LogP contribution in [-0.2, 0) is 20.9 Å². The molecule has 4 heteroatoms. The van der Waals surface area contributed by atoms with Gasteiger partial charge in [-0.2, -0.15) is 0 Å². The van der Waals surface area contributed by atoms with Crippen LogP contribution in [0.25, 0.3) is 10.8 Å². The molecule has 0 radical (unpaired) electrons. The summed E-state index contributed by atoms with van der Waals surface area (Å²) in [5.74, 6) is -0.421. The van der Waals surface area contributed by atoms with E-state index >= 15 is 0 Å².